The molecular formula is C30H30N4O7. The van der Waals surface area contributed by atoms with E-state index in [-0.39, 0.29) is 35.5 Å². The van der Waals surface area contributed by atoms with Crippen molar-refractivity contribution < 1.29 is 33.4 Å². The van der Waals surface area contributed by atoms with Gasteiger partial charge in [-0.3, -0.25) is 9.69 Å². The lowest BCUT2D eigenvalue weighted by Gasteiger charge is -2.36. The molecule has 2 heterocycles. The smallest absolute Gasteiger partial charge is 0.421 e. The summed E-state index contributed by atoms with van der Waals surface area (Å²) in [5, 5.41) is 10.2. The number of nitriles is 1. The van der Waals surface area contributed by atoms with Crippen molar-refractivity contribution in [1.82, 2.24) is 0 Å². The minimum Gasteiger partial charge on any atom is -0.466 e. The first kappa shape index (κ1) is 28.9. The van der Waals surface area contributed by atoms with Gasteiger partial charge in [0.1, 0.15) is 17.1 Å². The normalized spacial score (nSPS) is 17.1. The van der Waals surface area contributed by atoms with Crippen molar-refractivity contribution in [2.75, 3.05) is 24.0 Å². The first-order chi connectivity index (χ1) is 19.4. The molecule has 0 radical (unpaired) electrons. The Hall–Kier alpha value is -5.11. The van der Waals surface area contributed by atoms with Crippen LogP contribution in [0.25, 0.3) is 0 Å². The number of esters is 2. The number of amides is 2. The zero-order valence-corrected chi connectivity index (χ0v) is 23.4. The molecule has 0 fully saturated rings. The topological polar surface area (TPSA) is 152 Å². The summed E-state index contributed by atoms with van der Waals surface area (Å²) in [6.45, 7) is 5.09. The van der Waals surface area contributed by atoms with E-state index in [1.54, 1.807) is 57.2 Å². The highest BCUT2D eigenvalue weighted by molar-refractivity contribution is 6.14. The fourth-order valence-corrected chi connectivity index (χ4v) is 4.91. The van der Waals surface area contributed by atoms with Gasteiger partial charge < -0.3 is 19.9 Å². The van der Waals surface area contributed by atoms with Crippen LogP contribution < -0.4 is 15.5 Å². The molecule has 11 nitrogen and oxygen atoms in total. The van der Waals surface area contributed by atoms with E-state index in [0.717, 1.165) is 12.0 Å². The number of benzene rings is 2. The maximum atomic E-state index is 13.3. The van der Waals surface area contributed by atoms with Crippen LogP contribution >= 0.6 is 0 Å². The van der Waals surface area contributed by atoms with Crippen LogP contribution in [0.4, 0.5) is 16.2 Å². The molecule has 2 N–H and O–H groups in total. The third kappa shape index (κ3) is 5.36. The first-order valence-electron chi connectivity index (χ1n) is 12.8. The summed E-state index contributed by atoms with van der Waals surface area (Å²) in [5.41, 5.74) is 7.19. The molecule has 1 atom stereocenters. The summed E-state index contributed by atoms with van der Waals surface area (Å²) >= 11 is 0. The predicted molar refractivity (Wildman–Crippen MR) is 148 cm³/mol. The van der Waals surface area contributed by atoms with Crippen LogP contribution in [-0.4, -0.2) is 43.8 Å². The van der Waals surface area contributed by atoms with Crippen LogP contribution in [0.5, 0.6) is 0 Å². The zero-order chi connectivity index (χ0) is 30.1. The van der Waals surface area contributed by atoms with Gasteiger partial charge in [0.25, 0.3) is 0 Å². The van der Waals surface area contributed by atoms with Crippen LogP contribution in [0.3, 0.4) is 0 Å². The van der Waals surface area contributed by atoms with Gasteiger partial charge in [-0.2, -0.15) is 5.26 Å². The fourth-order valence-electron chi connectivity index (χ4n) is 4.91. The number of fused-ring (bicyclic) bond motifs is 1. The molecule has 2 amide bonds. The maximum Gasteiger partial charge on any atom is 0.421 e. The monoisotopic (exact) mass is 558 g/mol. The summed E-state index contributed by atoms with van der Waals surface area (Å²) in [6, 6.07) is 15.5. The summed E-state index contributed by atoms with van der Waals surface area (Å²) < 4.78 is 15.6. The molecule has 0 bridgehead atoms. The number of aryl methyl sites for hydroxylation is 1. The van der Waals surface area contributed by atoms with Gasteiger partial charge in [-0.05, 0) is 56.5 Å². The molecule has 2 aromatic rings. The molecule has 11 heteroatoms. The number of nitrogens with two attached hydrogens (primary N) is 1. The molecule has 41 heavy (non-hydrogen) atoms. The van der Waals surface area contributed by atoms with Crippen LogP contribution in [0, 0.1) is 11.3 Å². The van der Waals surface area contributed by atoms with Crippen molar-refractivity contribution in [2.45, 2.75) is 45.1 Å². The molecule has 0 aliphatic carbocycles. The number of methoxy groups -OCH3 is 2. The van der Waals surface area contributed by atoms with Gasteiger partial charge >= 0.3 is 18.0 Å². The SMILES string of the molecule is COC(=O)C1=C(C(=O)OC)N(c2ccc3c(c2)CCC(=O)N3C(=O)OC(C)(C)C)C(N)=C(C#N)C1c1ccccc1. The summed E-state index contributed by atoms with van der Waals surface area (Å²) in [5.74, 6) is -3.24. The van der Waals surface area contributed by atoms with Crippen LogP contribution in [0.1, 0.15) is 44.2 Å². The number of ether oxygens (including phenoxy) is 3. The lowest BCUT2D eigenvalue weighted by molar-refractivity contribution is -0.139. The number of hydrogen-bond acceptors (Lipinski definition) is 10. The summed E-state index contributed by atoms with van der Waals surface area (Å²) in [6.07, 6.45) is -0.486. The minimum absolute atomic E-state index is 0.0209. The van der Waals surface area contributed by atoms with E-state index in [1.807, 2.05) is 0 Å². The van der Waals surface area contributed by atoms with Crippen LogP contribution in [0.15, 0.2) is 71.2 Å². The van der Waals surface area contributed by atoms with E-state index >= 15 is 0 Å². The number of imide groups is 1. The Morgan fingerprint density at radius 3 is 2.24 bits per heavy atom. The van der Waals surface area contributed by atoms with E-state index in [0.29, 0.717) is 22.5 Å². The van der Waals surface area contributed by atoms with Crippen LogP contribution in [0.2, 0.25) is 0 Å². The van der Waals surface area contributed by atoms with E-state index < -0.39 is 35.5 Å². The second-order valence-corrected chi connectivity index (χ2v) is 10.4. The molecule has 0 saturated heterocycles. The number of allylic oxidation sites excluding steroid dienone is 1. The van der Waals surface area contributed by atoms with E-state index in [9.17, 15) is 24.4 Å². The molecule has 0 saturated carbocycles. The third-order valence-electron chi connectivity index (χ3n) is 6.61. The molecule has 2 aliphatic heterocycles. The van der Waals surface area contributed by atoms with Gasteiger partial charge in [-0.15, -0.1) is 0 Å². The first-order valence-corrected chi connectivity index (χ1v) is 12.8. The van der Waals surface area contributed by atoms with Crippen molar-refractivity contribution in [3.63, 3.8) is 0 Å². The lowest BCUT2D eigenvalue weighted by atomic mass is 9.81. The largest absolute Gasteiger partial charge is 0.466 e. The molecule has 0 aromatic heterocycles. The number of nitrogens with zero attached hydrogens (tertiary/aromatic N) is 3. The zero-order valence-electron chi connectivity index (χ0n) is 23.4. The van der Waals surface area contributed by atoms with Crippen molar-refractivity contribution in [1.29, 1.82) is 5.26 Å². The van der Waals surface area contributed by atoms with Crippen molar-refractivity contribution in [2.24, 2.45) is 5.73 Å². The van der Waals surface area contributed by atoms with Crippen molar-refractivity contribution in [3.8, 4) is 6.07 Å². The third-order valence-corrected chi connectivity index (χ3v) is 6.61. The van der Waals surface area contributed by atoms with Crippen LogP contribution in [-0.2, 0) is 35.0 Å². The Balaban J connectivity index is 1.93. The molecule has 0 spiro atoms. The molecule has 1 unspecified atom stereocenters. The Morgan fingerprint density at radius 1 is 1.00 bits per heavy atom. The maximum absolute atomic E-state index is 13.3. The average Bonchev–Trinajstić information content (AvgIpc) is 2.94. The Morgan fingerprint density at radius 2 is 1.66 bits per heavy atom. The predicted octanol–water partition coefficient (Wildman–Crippen LogP) is 3.80. The van der Waals surface area contributed by atoms with Gasteiger partial charge in [-0.1, -0.05) is 30.3 Å². The number of carbonyl (C=O) groups excluding carboxylic acids is 4. The highest BCUT2D eigenvalue weighted by Gasteiger charge is 2.43. The number of anilines is 2. The highest BCUT2D eigenvalue weighted by atomic mass is 16.6. The minimum atomic E-state index is -1.00. The number of rotatable bonds is 4. The summed E-state index contributed by atoms with van der Waals surface area (Å²) in [4.78, 5) is 54.4. The molecule has 2 aromatic carbocycles. The molecular weight excluding hydrogens is 528 g/mol. The van der Waals surface area contributed by atoms with E-state index in [2.05, 4.69) is 6.07 Å². The Labute approximate surface area is 237 Å². The van der Waals surface area contributed by atoms with Crippen molar-refractivity contribution >= 4 is 35.3 Å². The molecule has 212 valence electrons. The standard InChI is InChI=1S/C30H30N4O7/c1-30(2,3)41-29(38)34-21-13-12-19(15-18(21)11-14-22(34)35)33-25(28(37)40-5)24(27(36)39-4)23(20(16-31)26(33)32)17-9-7-6-8-10-17/h6-10,12-13,15,23H,11,14,32H2,1-5H3. The summed E-state index contributed by atoms with van der Waals surface area (Å²) in [7, 11) is 2.34. The molecule has 2 aliphatic rings. The highest BCUT2D eigenvalue weighted by Crippen LogP contribution is 2.44. The number of carbonyl (C=O) groups is 4. The molecule has 4 rings (SSSR count). The fraction of sp³-hybridized carbons (Fsp3) is 0.300. The number of hydrogen-bond donors (Lipinski definition) is 1. The van der Waals surface area contributed by atoms with Gasteiger partial charge in [-0.25, -0.2) is 19.3 Å². The Bertz CT molecular complexity index is 1530. The Kier molecular flexibility index (Phi) is 7.87. The van der Waals surface area contributed by atoms with Gasteiger partial charge in [0.05, 0.1) is 43.0 Å². The van der Waals surface area contributed by atoms with Crippen molar-refractivity contribution in [3.05, 3.63) is 82.3 Å². The second-order valence-electron chi connectivity index (χ2n) is 10.4. The average molecular weight is 559 g/mol. The lowest BCUT2D eigenvalue weighted by Crippen LogP contribution is -2.43. The van der Waals surface area contributed by atoms with E-state index in [1.165, 1.54) is 24.1 Å². The van der Waals surface area contributed by atoms with Gasteiger partial charge in [0, 0.05) is 12.1 Å². The van der Waals surface area contributed by atoms with Gasteiger partial charge in [0.2, 0.25) is 5.91 Å². The van der Waals surface area contributed by atoms with E-state index in [4.69, 9.17) is 19.9 Å². The quantitative estimate of drug-likeness (QED) is 0.433. The second kappa shape index (κ2) is 11.2. The van der Waals surface area contributed by atoms with Gasteiger partial charge in [0.15, 0.2) is 0 Å².